The summed E-state index contributed by atoms with van der Waals surface area (Å²) in [5.74, 6) is 0.845. The smallest absolute Gasteiger partial charge is 0.128 e. The van der Waals surface area contributed by atoms with Crippen LogP contribution in [0.15, 0.2) is 23.2 Å². The van der Waals surface area contributed by atoms with Crippen molar-refractivity contribution in [2.45, 2.75) is 110 Å². The van der Waals surface area contributed by atoms with Crippen molar-refractivity contribution in [3.8, 4) is 11.5 Å². The number of aliphatic imine (C=N–C) groups is 1. The number of hydrogen-bond acceptors (Lipinski definition) is 4. The van der Waals surface area contributed by atoms with E-state index in [2.05, 4.69) is 11.9 Å². The number of aromatic hydroxyl groups is 1. The summed E-state index contributed by atoms with van der Waals surface area (Å²) in [7, 11) is 0. The molecule has 0 amide bonds. The first-order valence-electron chi connectivity index (χ1n) is 12.3. The van der Waals surface area contributed by atoms with E-state index in [1.807, 2.05) is 6.07 Å². The lowest BCUT2D eigenvalue weighted by molar-refractivity contribution is 0.204. The van der Waals surface area contributed by atoms with Crippen molar-refractivity contribution in [1.82, 2.24) is 0 Å². The van der Waals surface area contributed by atoms with Gasteiger partial charge in [0, 0.05) is 17.8 Å². The number of phenolic OH excluding ortho intramolecular Hbond substituents is 1. The maximum absolute atomic E-state index is 10.0. The van der Waals surface area contributed by atoms with E-state index in [-0.39, 0.29) is 5.75 Å². The van der Waals surface area contributed by atoms with Crippen LogP contribution in [0.5, 0.6) is 11.5 Å². The van der Waals surface area contributed by atoms with Crippen LogP contribution in [0.4, 0.5) is 0 Å². The van der Waals surface area contributed by atoms with Crippen molar-refractivity contribution in [2.24, 2.45) is 4.99 Å². The monoisotopic (exact) mass is 419 g/mol. The second-order valence-corrected chi connectivity index (χ2v) is 8.51. The molecule has 172 valence electrons. The van der Waals surface area contributed by atoms with E-state index in [0.717, 1.165) is 6.42 Å². The van der Waals surface area contributed by atoms with Gasteiger partial charge in [-0.1, -0.05) is 90.4 Å². The lowest BCUT2D eigenvalue weighted by atomic mass is 10.0. The number of phenols is 1. The van der Waals surface area contributed by atoms with E-state index in [0.29, 0.717) is 24.5 Å². The number of benzene rings is 1. The third-order valence-electron chi connectivity index (χ3n) is 5.37. The average molecular weight is 420 g/mol. The lowest BCUT2D eigenvalue weighted by Crippen LogP contribution is -2.04. The molecule has 0 heterocycles. The van der Waals surface area contributed by atoms with Gasteiger partial charge in [0.05, 0.1) is 19.3 Å². The number of rotatable bonds is 19. The number of aliphatic hydroxyl groups is 1. The molecule has 0 fully saturated rings. The number of nitrogens with zero attached hydrogens (tertiary/aromatic N) is 1. The average Bonchev–Trinajstić information content (AvgIpc) is 2.72. The van der Waals surface area contributed by atoms with Gasteiger partial charge in [0.2, 0.25) is 0 Å². The molecule has 0 spiro atoms. The molecule has 1 unspecified atom stereocenters. The minimum atomic E-state index is -0.476. The van der Waals surface area contributed by atoms with Gasteiger partial charge in [-0.05, 0) is 25.5 Å². The summed E-state index contributed by atoms with van der Waals surface area (Å²) in [4.78, 5) is 4.10. The predicted octanol–water partition coefficient (Wildman–Crippen LogP) is 7.05. The summed E-state index contributed by atoms with van der Waals surface area (Å²) in [5.41, 5.74) is 0.638. The molecule has 1 aromatic rings. The molecular weight excluding hydrogens is 374 g/mol. The molecule has 1 atom stereocenters. The van der Waals surface area contributed by atoms with Crippen LogP contribution in [-0.2, 0) is 0 Å². The largest absolute Gasteiger partial charge is 0.507 e. The van der Waals surface area contributed by atoms with Crippen molar-refractivity contribution in [3.63, 3.8) is 0 Å². The van der Waals surface area contributed by atoms with Gasteiger partial charge in [-0.3, -0.25) is 4.99 Å². The van der Waals surface area contributed by atoms with E-state index < -0.39 is 6.10 Å². The number of ether oxygens (including phenoxy) is 1. The Balaban J connectivity index is 1.97. The van der Waals surface area contributed by atoms with E-state index in [9.17, 15) is 10.2 Å². The summed E-state index contributed by atoms with van der Waals surface area (Å²) in [5, 5.41) is 19.3. The molecule has 1 rings (SSSR count). The molecule has 1 aromatic carbocycles. The van der Waals surface area contributed by atoms with Crippen molar-refractivity contribution < 1.29 is 14.9 Å². The molecule has 0 radical (unpaired) electrons. The Labute approximate surface area is 184 Å². The Kier molecular flexibility index (Phi) is 16.1. The topological polar surface area (TPSA) is 62.0 Å². The van der Waals surface area contributed by atoms with Crippen LogP contribution in [0, 0.1) is 0 Å². The summed E-state index contributed by atoms with van der Waals surface area (Å²) in [6, 6.07) is 5.28. The first-order chi connectivity index (χ1) is 14.6. The fraction of sp³-hybridized carbons (Fsp3) is 0.731. The normalized spacial score (nSPS) is 12.5. The van der Waals surface area contributed by atoms with E-state index in [4.69, 9.17) is 4.74 Å². The van der Waals surface area contributed by atoms with Crippen LogP contribution in [0.2, 0.25) is 0 Å². The number of hydrogen-bond donors (Lipinski definition) is 2. The van der Waals surface area contributed by atoms with E-state index >= 15 is 0 Å². The lowest BCUT2D eigenvalue weighted by Gasteiger charge is -2.08. The first kappa shape index (κ1) is 26.5. The van der Waals surface area contributed by atoms with Crippen LogP contribution < -0.4 is 4.74 Å². The molecule has 0 aliphatic carbocycles. The molecule has 0 bridgehead atoms. The number of aliphatic hydroxyl groups excluding tert-OH is 1. The van der Waals surface area contributed by atoms with Gasteiger partial charge in [0.15, 0.2) is 0 Å². The molecule has 4 nitrogen and oxygen atoms in total. The van der Waals surface area contributed by atoms with Crippen LogP contribution in [0.25, 0.3) is 0 Å². The zero-order chi connectivity index (χ0) is 21.9. The van der Waals surface area contributed by atoms with Crippen molar-refractivity contribution in [3.05, 3.63) is 23.8 Å². The summed E-state index contributed by atoms with van der Waals surface area (Å²) in [6.45, 7) is 4.98. The molecule has 2 N–H and O–H groups in total. The van der Waals surface area contributed by atoms with Crippen molar-refractivity contribution in [1.29, 1.82) is 0 Å². The van der Waals surface area contributed by atoms with Crippen LogP contribution in [0.1, 0.15) is 109 Å². The minimum Gasteiger partial charge on any atom is -0.507 e. The maximum Gasteiger partial charge on any atom is 0.128 e. The fourth-order valence-electron chi connectivity index (χ4n) is 3.51. The Bertz CT molecular complexity index is 557. The highest BCUT2D eigenvalue weighted by molar-refractivity contribution is 5.83. The minimum absolute atomic E-state index is 0.155. The molecule has 0 saturated carbocycles. The quantitative estimate of drug-likeness (QED) is 0.186. The Hall–Kier alpha value is -1.55. The van der Waals surface area contributed by atoms with Gasteiger partial charge in [-0.15, -0.1) is 0 Å². The van der Waals surface area contributed by atoms with Crippen LogP contribution >= 0.6 is 0 Å². The van der Waals surface area contributed by atoms with E-state index in [1.54, 1.807) is 25.3 Å². The SMILES string of the molecule is CCCCCCCCCCCCCCCCOc1ccc(C=NCC(C)O)c(O)c1. The number of unbranched alkanes of at least 4 members (excludes halogenated alkanes) is 13. The summed E-state index contributed by atoms with van der Waals surface area (Å²) in [6.07, 6.45) is 20.0. The Morgan fingerprint density at radius 2 is 1.40 bits per heavy atom. The molecule has 0 aromatic heterocycles. The van der Waals surface area contributed by atoms with Gasteiger partial charge < -0.3 is 14.9 Å². The van der Waals surface area contributed by atoms with Crippen molar-refractivity contribution >= 4 is 6.21 Å². The molecule has 30 heavy (non-hydrogen) atoms. The Morgan fingerprint density at radius 1 is 0.867 bits per heavy atom. The van der Waals surface area contributed by atoms with Crippen LogP contribution in [0.3, 0.4) is 0 Å². The van der Waals surface area contributed by atoms with Crippen LogP contribution in [-0.4, -0.2) is 35.7 Å². The maximum atomic E-state index is 10.0. The standard InChI is InChI=1S/C26H45NO3/c1-3-4-5-6-7-8-9-10-11-12-13-14-15-16-19-30-25-18-17-24(26(29)20-25)22-27-21-23(2)28/h17-18,20,22-23,28-29H,3-16,19,21H2,1-2H3. The molecule has 0 aliphatic heterocycles. The summed E-state index contributed by atoms with van der Waals surface area (Å²) < 4.78 is 5.75. The first-order valence-corrected chi connectivity index (χ1v) is 12.3. The highest BCUT2D eigenvalue weighted by Gasteiger charge is 2.02. The van der Waals surface area contributed by atoms with Gasteiger partial charge >= 0.3 is 0 Å². The zero-order valence-corrected chi connectivity index (χ0v) is 19.5. The third-order valence-corrected chi connectivity index (χ3v) is 5.37. The molecular formula is C26H45NO3. The molecule has 4 heteroatoms. The fourth-order valence-corrected chi connectivity index (χ4v) is 3.51. The second kappa shape index (κ2) is 18.2. The molecule has 0 saturated heterocycles. The van der Waals surface area contributed by atoms with E-state index in [1.165, 1.54) is 83.5 Å². The second-order valence-electron chi connectivity index (χ2n) is 8.51. The van der Waals surface area contributed by atoms with Gasteiger partial charge in [0.25, 0.3) is 0 Å². The van der Waals surface area contributed by atoms with Gasteiger partial charge in [-0.25, -0.2) is 0 Å². The van der Waals surface area contributed by atoms with Gasteiger partial charge in [-0.2, -0.15) is 0 Å². The van der Waals surface area contributed by atoms with Crippen molar-refractivity contribution in [2.75, 3.05) is 13.2 Å². The Morgan fingerprint density at radius 3 is 1.90 bits per heavy atom. The molecule has 0 aliphatic rings. The zero-order valence-electron chi connectivity index (χ0n) is 19.5. The highest BCUT2D eigenvalue weighted by Crippen LogP contribution is 2.22. The third kappa shape index (κ3) is 14.4. The highest BCUT2D eigenvalue weighted by atomic mass is 16.5. The summed E-state index contributed by atoms with van der Waals surface area (Å²) >= 11 is 0. The predicted molar refractivity (Wildman–Crippen MR) is 128 cm³/mol. The van der Waals surface area contributed by atoms with Gasteiger partial charge in [0.1, 0.15) is 11.5 Å².